The van der Waals surface area contributed by atoms with Crippen LogP contribution in [0.25, 0.3) is 0 Å². The molecule has 0 unspecified atom stereocenters. The zero-order chi connectivity index (χ0) is 14.7. The van der Waals surface area contributed by atoms with Crippen LogP contribution in [0.15, 0.2) is 5.16 Å². The van der Waals surface area contributed by atoms with E-state index in [1.165, 1.54) is 0 Å². The molecule has 0 aliphatic heterocycles. The summed E-state index contributed by atoms with van der Waals surface area (Å²) in [6.45, 7) is -1.48. The molecule has 0 bridgehead atoms. The van der Waals surface area contributed by atoms with Crippen LogP contribution in [0.5, 0.6) is 0 Å². The second kappa shape index (κ2) is 5.62. The third-order valence-corrected chi connectivity index (χ3v) is 3.29. The number of nitrogens with zero attached hydrogens (tertiary/aromatic N) is 1. The molecule has 1 rings (SSSR count). The number of nitrogens with one attached hydrogen (secondary N) is 1. The lowest BCUT2D eigenvalue weighted by molar-refractivity contribution is -0.140. The Labute approximate surface area is 106 Å². The molecule has 5 nitrogen and oxygen atoms in total. The predicted molar refractivity (Wildman–Crippen MR) is 58.3 cm³/mol. The van der Waals surface area contributed by atoms with Crippen molar-refractivity contribution in [2.75, 3.05) is 6.54 Å². The van der Waals surface area contributed by atoms with E-state index in [9.17, 15) is 22.4 Å². The molecule has 9 heteroatoms. The molecule has 1 aliphatic carbocycles. The van der Waals surface area contributed by atoms with Gasteiger partial charge in [-0.3, -0.25) is 4.79 Å². The molecule has 19 heavy (non-hydrogen) atoms. The van der Waals surface area contributed by atoms with E-state index in [-0.39, 0.29) is 18.7 Å². The highest BCUT2D eigenvalue weighted by atomic mass is 19.3. The van der Waals surface area contributed by atoms with E-state index >= 15 is 0 Å². The van der Waals surface area contributed by atoms with Gasteiger partial charge in [-0.15, -0.1) is 0 Å². The maximum atomic E-state index is 12.7. The normalized spacial score (nSPS) is 19.7. The number of amides is 1. The SMILES string of the molecule is NC(=NO)C1(C(=O)NCC(F)(F)C(F)F)CCCC1. The van der Waals surface area contributed by atoms with Crippen LogP contribution >= 0.6 is 0 Å². The lowest BCUT2D eigenvalue weighted by atomic mass is 9.83. The predicted octanol–water partition coefficient (Wildman–Crippen LogP) is 1.31. The van der Waals surface area contributed by atoms with Crippen molar-refractivity contribution in [1.82, 2.24) is 5.32 Å². The summed E-state index contributed by atoms with van der Waals surface area (Å²) in [7, 11) is 0. The molecule has 4 N–H and O–H groups in total. The Kier molecular flexibility index (Phi) is 4.59. The van der Waals surface area contributed by atoms with E-state index in [0.29, 0.717) is 12.8 Å². The first kappa shape index (κ1) is 15.5. The largest absolute Gasteiger partial charge is 0.409 e. The average molecular weight is 285 g/mol. The van der Waals surface area contributed by atoms with Gasteiger partial charge >= 0.3 is 12.3 Å². The number of carbonyl (C=O) groups excluding carboxylic acids is 1. The molecule has 0 aromatic carbocycles. The smallest absolute Gasteiger partial charge is 0.324 e. The van der Waals surface area contributed by atoms with Gasteiger partial charge in [-0.25, -0.2) is 8.78 Å². The highest BCUT2D eigenvalue weighted by Gasteiger charge is 2.47. The summed E-state index contributed by atoms with van der Waals surface area (Å²) in [6, 6.07) is 0. The quantitative estimate of drug-likeness (QED) is 0.234. The van der Waals surface area contributed by atoms with Crippen molar-refractivity contribution in [3.8, 4) is 0 Å². The minimum Gasteiger partial charge on any atom is -0.409 e. The van der Waals surface area contributed by atoms with Crippen molar-refractivity contribution < 1.29 is 27.6 Å². The molecule has 0 aromatic heterocycles. The van der Waals surface area contributed by atoms with Gasteiger partial charge in [-0.2, -0.15) is 8.78 Å². The summed E-state index contributed by atoms with van der Waals surface area (Å²) in [5, 5.41) is 13.1. The first-order valence-electron chi connectivity index (χ1n) is 5.68. The molecule has 1 saturated carbocycles. The van der Waals surface area contributed by atoms with E-state index in [1.54, 1.807) is 5.32 Å². The Morgan fingerprint density at radius 2 is 1.95 bits per heavy atom. The van der Waals surface area contributed by atoms with E-state index in [2.05, 4.69) is 5.16 Å². The molecular weight excluding hydrogens is 270 g/mol. The fourth-order valence-electron chi connectivity index (χ4n) is 2.12. The number of rotatable bonds is 5. The Morgan fingerprint density at radius 1 is 1.42 bits per heavy atom. The Bertz CT molecular complexity index is 368. The molecule has 0 atom stereocenters. The summed E-state index contributed by atoms with van der Waals surface area (Å²) in [6.07, 6.45) is -2.19. The molecular formula is C10H15F4N3O2. The van der Waals surface area contributed by atoms with Crippen molar-refractivity contribution in [1.29, 1.82) is 0 Å². The second-order valence-corrected chi connectivity index (χ2v) is 4.52. The van der Waals surface area contributed by atoms with Gasteiger partial charge in [0.1, 0.15) is 5.41 Å². The van der Waals surface area contributed by atoms with Crippen molar-refractivity contribution in [3.05, 3.63) is 0 Å². The van der Waals surface area contributed by atoms with Crippen LogP contribution in [-0.2, 0) is 4.79 Å². The average Bonchev–Trinajstić information content (AvgIpc) is 2.85. The number of amidine groups is 1. The van der Waals surface area contributed by atoms with Crippen molar-refractivity contribution in [3.63, 3.8) is 0 Å². The van der Waals surface area contributed by atoms with Gasteiger partial charge in [0.2, 0.25) is 5.91 Å². The molecule has 0 spiro atoms. The minimum atomic E-state index is -4.30. The van der Waals surface area contributed by atoms with Crippen LogP contribution < -0.4 is 11.1 Å². The van der Waals surface area contributed by atoms with Crippen molar-refractivity contribution in [2.45, 2.75) is 38.0 Å². The third kappa shape index (κ3) is 3.07. The monoisotopic (exact) mass is 285 g/mol. The minimum absolute atomic E-state index is 0.231. The zero-order valence-electron chi connectivity index (χ0n) is 10.0. The molecule has 1 fully saturated rings. The number of nitrogens with two attached hydrogens (primary N) is 1. The van der Waals surface area contributed by atoms with Gasteiger partial charge in [-0.05, 0) is 12.8 Å². The summed E-state index contributed by atoms with van der Waals surface area (Å²) in [4.78, 5) is 11.9. The van der Waals surface area contributed by atoms with Gasteiger partial charge in [-0.1, -0.05) is 18.0 Å². The molecule has 0 aromatic rings. The summed E-state index contributed by atoms with van der Waals surface area (Å²) in [5.41, 5.74) is 4.03. The highest BCUT2D eigenvalue weighted by molar-refractivity contribution is 6.07. The van der Waals surface area contributed by atoms with Crippen LogP contribution in [0.4, 0.5) is 17.6 Å². The molecule has 0 radical (unpaired) electrons. The standard InChI is InChI=1S/C10H15F4N3O2/c11-6(12)10(13,14)5-16-8(18)9(7(15)17-19)3-1-2-4-9/h6,19H,1-5H2,(H2,15,17)(H,16,18). The van der Waals surface area contributed by atoms with Gasteiger partial charge in [0, 0.05) is 0 Å². The number of halogens is 4. The van der Waals surface area contributed by atoms with Gasteiger partial charge in [0.05, 0.1) is 6.54 Å². The van der Waals surface area contributed by atoms with Crippen LogP contribution in [0.2, 0.25) is 0 Å². The zero-order valence-corrected chi connectivity index (χ0v) is 10.0. The summed E-state index contributed by atoms with van der Waals surface area (Å²) >= 11 is 0. The first-order valence-corrected chi connectivity index (χ1v) is 5.68. The second-order valence-electron chi connectivity index (χ2n) is 4.52. The van der Waals surface area contributed by atoms with E-state index in [0.717, 1.165) is 0 Å². The number of alkyl halides is 4. The Morgan fingerprint density at radius 3 is 2.37 bits per heavy atom. The van der Waals surface area contributed by atoms with Crippen LogP contribution in [0.1, 0.15) is 25.7 Å². The van der Waals surface area contributed by atoms with E-state index in [4.69, 9.17) is 10.9 Å². The number of carbonyl (C=O) groups is 1. The Balaban J connectivity index is 2.75. The first-order chi connectivity index (χ1) is 8.76. The summed E-state index contributed by atoms with van der Waals surface area (Å²) in [5.74, 6) is -5.61. The lowest BCUT2D eigenvalue weighted by Gasteiger charge is -2.27. The topological polar surface area (TPSA) is 87.7 Å². The molecule has 0 saturated heterocycles. The fourth-order valence-corrected chi connectivity index (χ4v) is 2.12. The van der Waals surface area contributed by atoms with Gasteiger partial charge < -0.3 is 16.3 Å². The van der Waals surface area contributed by atoms with Crippen molar-refractivity contribution >= 4 is 11.7 Å². The van der Waals surface area contributed by atoms with Gasteiger partial charge in [0.15, 0.2) is 5.84 Å². The lowest BCUT2D eigenvalue weighted by Crippen LogP contribution is -2.51. The van der Waals surface area contributed by atoms with Crippen LogP contribution in [0, 0.1) is 5.41 Å². The molecule has 1 amide bonds. The van der Waals surface area contributed by atoms with Crippen molar-refractivity contribution in [2.24, 2.45) is 16.3 Å². The van der Waals surface area contributed by atoms with E-state index in [1.807, 2.05) is 0 Å². The maximum absolute atomic E-state index is 12.7. The molecule has 1 aliphatic rings. The highest BCUT2D eigenvalue weighted by Crippen LogP contribution is 2.38. The molecule has 0 heterocycles. The maximum Gasteiger partial charge on any atom is 0.324 e. The number of oxime groups is 1. The van der Waals surface area contributed by atoms with E-state index < -0.39 is 30.2 Å². The number of hydrogen-bond acceptors (Lipinski definition) is 3. The van der Waals surface area contributed by atoms with Crippen LogP contribution in [-0.4, -0.2) is 35.8 Å². The Hall–Kier alpha value is -1.54. The molecule has 110 valence electrons. The van der Waals surface area contributed by atoms with Gasteiger partial charge in [0.25, 0.3) is 0 Å². The van der Waals surface area contributed by atoms with Crippen LogP contribution in [0.3, 0.4) is 0 Å². The summed E-state index contributed by atoms with van der Waals surface area (Å²) < 4.78 is 49.4. The number of hydrogen-bond donors (Lipinski definition) is 3. The fraction of sp³-hybridized carbons (Fsp3) is 0.800. The third-order valence-electron chi connectivity index (χ3n) is 3.29.